The Morgan fingerprint density at radius 3 is 2.89 bits per heavy atom. The van der Waals surface area contributed by atoms with Crippen LogP contribution < -0.4 is 5.32 Å². The van der Waals surface area contributed by atoms with Gasteiger partial charge in [0, 0.05) is 12.6 Å². The zero-order valence-electron chi connectivity index (χ0n) is 11.5. The molecule has 1 atom stereocenters. The summed E-state index contributed by atoms with van der Waals surface area (Å²) in [6.45, 7) is 6.36. The maximum absolute atomic E-state index is 6.20. The zero-order valence-corrected chi connectivity index (χ0v) is 12.2. The van der Waals surface area contributed by atoms with Crippen LogP contribution in [0.2, 0.25) is 5.02 Å². The van der Waals surface area contributed by atoms with Crippen molar-refractivity contribution >= 4 is 11.6 Å². The molecule has 1 unspecified atom stereocenters. The quantitative estimate of drug-likeness (QED) is 0.785. The van der Waals surface area contributed by atoms with Gasteiger partial charge >= 0.3 is 0 Å². The molecule has 1 aromatic rings. The second-order valence-corrected chi connectivity index (χ2v) is 5.60. The molecule has 2 rings (SSSR count). The maximum Gasteiger partial charge on any atom is 0.0817 e. The SMILES string of the molecule is CCCNC(CCc1c(Cl)cnn1CC)C1CC1. The average Bonchev–Trinajstić information content (AvgIpc) is 3.15. The molecule has 102 valence electrons. The first-order chi connectivity index (χ1) is 8.76. The van der Waals surface area contributed by atoms with Crippen LogP contribution >= 0.6 is 11.6 Å². The molecular formula is C14H24ClN3. The van der Waals surface area contributed by atoms with Crippen LogP contribution in [0.3, 0.4) is 0 Å². The van der Waals surface area contributed by atoms with Gasteiger partial charge in [0.05, 0.1) is 16.9 Å². The normalized spacial score (nSPS) is 17.1. The molecule has 0 aliphatic heterocycles. The summed E-state index contributed by atoms with van der Waals surface area (Å²) in [6.07, 6.45) is 7.97. The standard InChI is InChI=1S/C14H24ClN3/c1-3-9-16-13(11-5-6-11)7-8-14-12(15)10-17-18(14)4-2/h10-11,13,16H,3-9H2,1-2H3. The van der Waals surface area contributed by atoms with Gasteiger partial charge in [0.25, 0.3) is 0 Å². The molecule has 18 heavy (non-hydrogen) atoms. The van der Waals surface area contributed by atoms with Crippen molar-refractivity contribution in [3.63, 3.8) is 0 Å². The first-order valence-corrected chi connectivity index (χ1v) is 7.57. The number of nitrogens with zero attached hydrogens (tertiary/aromatic N) is 2. The lowest BCUT2D eigenvalue weighted by Gasteiger charge is -2.18. The summed E-state index contributed by atoms with van der Waals surface area (Å²) in [6, 6.07) is 0.668. The van der Waals surface area contributed by atoms with Gasteiger partial charge in [-0.15, -0.1) is 0 Å². The van der Waals surface area contributed by atoms with E-state index in [1.807, 2.05) is 4.68 Å². The minimum Gasteiger partial charge on any atom is -0.314 e. The molecule has 1 N–H and O–H groups in total. The van der Waals surface area contributed by atoms with Crippen LogP contribution in [-0.4, -0.2) is 22.4 Å². The van der Waals surface area contributed by atoms with Gasteiger partial charge in [-0.05, 0) is 51.5 Å². The van der Waals surface area contributed by atoms with E-state index in [2.05, 4.69) is 24.3 Å². The Bertz CT molecular complexity index is 371. The lowest BCUT2D eigenvalue weighted by molar-refractivity contribution is 0.429. The third-order valence-electron chi connectivity index (χ3n) is 3.74. The van der Waals surface area contributed by atoms with E-state index in [1.54, 1.807) is 6.20 Å². The zero-order chi connectivity index (χ0) is 13.0. The van der Waals surface area contributed by atoms with Crippen molar-refractivity contribution < 1.29 is 0 Å². The lowest BCUT2D eigenvalue weighted by Crippen LogP contribution is -2.32. The van der Waals surface area contributed by atoms with Crippen molar-refractivity contribution in [1.82, 2.24) is 15.1 Å². The van der Waals surface area contributed by atoms with Crippen molar-refractivity contribution in [1.29, 1.82) is 0 Å². The molecule has 4 heteroatoms. The van der Waals surface area contributed by atoms with E-state index in [1.165, 1.54) is 31.4 Å². The number of rotatable bonds is 8. The second kappa shape index (κ2) is 6.58. The Kier molecular flexibility index (Phi) is 5.07. The van der Waals surface area contributed by atoms with Crippen LogP contribution in [0.5, 0.6) is 0 Å². The summed E-state index contributed by atoms with van der Waals surface area (Å²) < 4.78 is 2.02. The largest absolute Gasteiger partial charge is 0.314 e. The van der Waals surface area contributed by atoms with E-state index in [0.717, 1.165) is 30.5 Å². The Morgan fingerprint density at radius 2 is 2.28 bits per heavy atom. The van der Waals surface area contributed by atoms with Crippen LogP contribution in [0.4, 0.5) is 0 Å². The van der Waals surface area contributed by atoms with Crippen molar-refractivity contribution in [3.05, 3.63) is 16.9 Å². The van der Waals surface area contributed by atoms with Gasteiger partial charge in [-0.2, -0.15) is 5.10 Å². The van der Waals surface area contributed by atoms with Crippen molar-refractivity contribution in [2.45, 2.75) is 58.5 Å². The first kappa shape index (κ1) is 13.9. The molecule has 1 saturated carbocycles. The summed E-state index contributed by atoms with van der Waals surface area (Å²) in [5.41, 5.74) is 1.20. The van der Waals surface area contributed by atoms with Crippen molar-refractivity contribution in [3.8, 4) is 0 Å². The van der Waals surface area contributed by atoms with Crippen LogP contribution in [-0.2, 0) is 13.0 Å². The van der Waals surface area contributed by atoms with Crippen molar-refractivity contribution in [2.24, 2.45) is 5.92 Å². The third kappa shape index (κ3) is 3.48. The number of aromatic nitrogens is 2. The van der Waals surface area contributed by atoms with Gasteiger partial charge in [-0.25, -0.2) is 0 Å². The summed E-state index contributed by atoms with van der Waals surface area (Å²) in [7, 11) is 0. The Labute approximate surface area is 115 Å². The average molecular weight is 270 g/mol. The molecule has 0 radical (unpaired) electrons. The van der Waals surface area contributed by atoms with Crippen LogP contribution in [0.1, 0.15) is 45.2 Å². The second-order valence-electron chi connectivity index (χ2n) is 5.19. The number of aryl methyl sites for hydroxylation is 1. The number of hydrogen-bond donors (Lipinski definition) is 1. The molecule has 0 saturated heterocycles. The summed E-state index contributed by atoms with van der Waals surface area (Å²) in [4.78, 5) is 0. The summed E-state index contributed by atoms with van der Waals surface area (Å²) in [5.74, 6) is 0.897. The highest BCUT2D eigenvalue weighted by Crippen LogP contribution is 2.34. The van der Waals surface area contributed by atoms with Gasteiger partial charge in [0.2, 0.25) is 0 Å². The molecule has 3 nitrogen and oxygen atoms in total. The highest BCUT2D eigenvalue weighted by atomic mass is 35.5. The predicted octanol–water partition coefficient (Wildman–Crippen LogP) is 3.27. The Hall–Kier alpha value is -0.540. The summed E-state index contributed by atoms with van der Waals surface area (Å²) in [5, 5.41) is 8.80. The van der Waals surface area contributed by atoms with E-state index in [0.29, 0.717) is 6.04 Å². The number of halogens is 1. The van der Waals surface area contributed by atoms with E-state index < -0.39 is 0 Å². The van der Waals surface area contributed by atoms with E-state index >= 15 is 0 Å². The topological polar surface area (TPSA) is 29.9 Å². The highest BCUT2D eigenvalue weighted by molar-refractivity contribution is 6.31. The first-order valence-electron chi connectivity index (χ1n) is 7.19. The fraction of sp³-hybridized carbons (Fsp3) is 0.786. The highest BCUT2D eigenvalue weighted by Gasteiger charge is 2.30. The predicted molar refractivity (Wildman–Crippen MR) is 76.0 cm³/mol. The Morgan fingerprint density at radius 1 is 1.50 bits per heavy atom. The number of hydrogen-bond acceptors (Lipinski definition) is 2. The van der Waals surface area contributed by atoms with Gasteiger partial charge in [0.15, 0.2) is 0 Å². The molecule has 1 heterocycles. The fourth-order valence-electron chi connectivity index (χ4n) is 2.53. The van der Waals surface area contributed by atoms with Gasteiger partial charge in [-0.3, -0.25) is 4.68 Å². The van der Waals surface area contributed by atoms with Gasteiger partial charge in [-0.1, -0.05) is 18.5 Å². The smallest absolute Gasteiger partial charge is 0.0817 e. The maximum atomic E-state index is 6.20. The van der Waals surface area contributed by atoms with Gasteiger partial charge < -0.3 is 5.32 Å². The molecule has 1 fully saturated rings. The lowest BCUT2D eigenvalue weighted by atomic mass is 10.0. The van der Waals surface area contributed by atoms with Gasteiger partial charge in [0.1, 0.15) is 0 Å². The summed E-state index contributed by atoms with van der Waals surface area (Å²) >= 11 is 6.20. The van der Waals surface area contributed by atoms with Crippen LogP contribution in [0.15, 0.2) is 6.20 Å². The fourth-order valence-corrected chi connectivity index (χ4v) is 2.77. The minimum absolute atomic E-state index is 0.668. The molecule has 1 aliphatic carbocycles. The van der Waals surface area contributed by atoms with E-state index in [-0.39, 0.29) is 0 Å². The molecule has 0 spiro atoms. The monoisotopic (exact) mass is 269 g/mol. The molecule has 1 aromatic heterocycles. The van der Waals surface area contributed by atoms with Crippen LogP contribution in [0, 0.1) is 5.92 Å². The molecule has 0 aromatic carbocycles. The molecular weight excluding hydrogens is 246 g/mol. The van der Waals surface area contributed by atoms with E-state index in [9.17, 15) is 0 Å². The minimum atomic E-state index is 0.668. The van der Waals surface area contributed by atoms with Crippen LogP contribution in [0.25, 0.3) is 0 Å². The molecule has 0 amide bonds. The third-order valence-corrected chi connectivity index (χ3v) is 4.05. The van der Waals surface area contributed by atoms with Crippen molar-refractivity contribution in [2.75, 3.05) is 6.54 Å². The molecule has 0 bridgehead atoms. The number of nitrogens with one attached hydrogen (secondary N) is 1. The Balaban J connectivity index is 1.89. The van der Waals surface area contributed by atoms with E-state index in [4.69, 9.17) is 11.6 Å². The molecule has 1 aliphatic rings.